The van der Waals surface area contributed by atoms with Crippen LogP contribution in [0.1, 0.15) is 32.1 Å². The molecule has 0 amide bonds. The monoisotopic (exact) mass is 185 g/mol. The van der Waals surface area contributed by atoms with Gasteiger partial charge in [-0.2, -0.15) is 0 Å². The molecule has 0 bridgehead atoms. The fourth-order valence-corrected chi connectivity index (χ4v) is 2.54. The van der Waals surface area contributed by atoms with Crippen molar-refractivity contribution >= 4 is 0 Å². The normalized spacial score (nSPS) is 38.3. The molecule has 2 atom stereocenters. The number of rotatable bonds is 1. The van der Waals surface area contributed by atoms with Crippen molar-refractivity contribution in [1.29, 1.82) is 0 Å². The average Bonchev–Trinajstić information content (AvgIpc) is 2.49. The van der Waals surface area contributed by atoms with Crippen LogP contribution in [0.5, 0.6) is 0 Å². The van der Waals surface area contributed by atoms with Crippen LogP contribution in [-0.4, -0.2) is 46.5 Å². The molecule has 2 N–H and O–H groups in total. The van der Waals surface area contributed by atoms with Gasteiger partial charge in [0.05, 0.1) is 12.2 Å². The fourth-order valence-electron chi connectivity index (χ4n) is 2.54. The summed E-state index contributed by atoms with van der Waals surface area (Å²) in [6.07, 6.45) is 5.46. The summed E-state index contributed by atoms with van der Waals surface area (Å²) >= 11 is 0. The van der Waals surface area contributed by atoms with E-state index < -0.39 is 12.2 Å². The predicted octanol–water partition coefficient (Wildman–Crippen LogP) is 0.356. The van der Waals surface area contributed by atoms with Crippen molar-refractivity contribution in [2.75, 3.05) is 13.1 Å². The van der Waals surface area contributed by atoms with E-state index in [4.69, 9.17) is 0 Å². The van der Waals surface area contributed by atoms with E-state index in [1.165, 1.54) is 32.1 Å². The lowest BCUT2D eigenvalue weighted by Gasteiger charge is -2.30. The van der Waals surface area contributed by atoms with Crippen LogP contribution in [0.15, 0.2) is 0 Å². The first-order valence-electron chi connectivity index (χ1n) is 5.37. The Morgan fingerprint density at radius 3 is 1.92 bits per heavy atom. The van der Waals surface area contributed by atoms with E-state index in [2.05, 4.69) is 4.90 Å². The van der Waals surface area contributed by atoms with Gasteiger partial charge in [-0.1, -0.05) is 19.3 Å². The lowest BCUT2D eigenvalue weighted by Crippen LogP contribution is -2.35. The molecule has 3 nitrogen and oxygen atoms in total. The Morgan fingerprint density at radius 1 is 0.846 bits per heavy atom. The van der Waals surface area contributed by atoms with Gasteiger partial charge in [0.15, 0.2) is 0 Å². The second kappa shape index (κ2) is 3.95. The molecule has 1 aliphatic heterocycles. The molecular weight excluding hydrogens is 166 g/mol. The molecule has 3 heteroatoms. The second-order valence-electron chi connectivity index (χ2n) is 4.38. The molecule has 0 radical (unpaired) electrons. The molecule has 1 heterocycles. The van der Waals surface area contributed by atoms with Gasteiger partial charge < -0.3 is 10.2 Å². The maximum absolute atomic E-state index is 9.41. The molecule has 1 saturated carbocycles. The van der Waals surface area contributed by atoms with Crippen LogP contribution < -0.4 is 0 Å². The molecular formula is C10H19NO2. The highest BCUT2D eigenvalue weighted by Gasteiger charge is 2.33. The van der Waals surface area contributed by atoms with Crippen LogP contribution in [0.2, 0.25) is 0 Å². The first-order valence-corrected chi connectivity index (χ1v) is 5.37. The summed E-state index contributed by atoms with van der Waals surface area (Å²) < 4.78 is 0. The summed E-state index contributed by atoms with van der Waals surface area (Å²) in [5, 5.41) is 18.8. The number of hydrogen-bond acceptors (Lipinski definition) is 3. The van der Waals surface area contributed by atoms with E-state index in [0.29, 0.717) is 19.1 Å². The van der Waals surface area contributed by atoms with Crippen LogP contribution in [0.4, 0.5) is 0 Å². The second-order valence-corrected chi connectivity index (χ2v) is 4.38. The molecule has 2 fully saturated rings. The summed E-state index contributed by atoms with van der Waals surface area (Å²) in [5.74, 6) is 0. The van der Waals surface area contributed by atoms with Gasteiger partial charge >= 0.3 is 0 Å². The van der Waals surface area contributed by atoms with Crippen LogP contribution >= 0.6 is 0 Å². The van der Waals surface area contributed by atoms with E-state index in [0.717, 1.165) is 0 Å². The summed E-state index contributed by atoms with van der Waals surface area (Å²) in [6.45, 7) is 1.34. The van der Waals surface area contributed by atoms with Gasteiger partial charge in [0.25, 0.3) is 0 Å². The number of aliphatic hydroxyl groups is 2. The molecule has 1 aliphatic carbocycles. The quantitative estimate of drug-likeness (QED) is 0.620. The van der Waals surface area contributed by atoms with Crippen LogP contribution in [0, 0.1) is 0 Å². The molecule has 0 aromatic heterocycles. The Labute approximate surface area is 79.4 Å². The largest absolute Gasteiger partial charge is 0.389 e. The summed E-state index contributed by atoms with van der Waals surface area (Å²) in [6, 6.07) is 0.626. The zero-order valence-electron chi connectivity index (χ0n) is 8.02. The van der Waals surface area contributed by atoms with E-state index >= 15 is 0 Å². The molecule has 2 unspecified atom stereocenters. The van der Waals surface area contributed by atoms with Crippen molar-refractivity contribution in [2.24, 2.45) is 0 Å². The standard InChI is InChI=1S/C10H19NO2/c12-9-6-11(7-10(9)13)8-4-2-1-3-5-8/h8-10,12-13H,1-7H2. The maximum atomic E-state index is 9.41. The van der Waals surface area contributed by atoms with Gasteiger partial charge in [0.2, 0.25) is 0 Å². The summed E-state index contributed by atoms with van der Waals surface area (Å²) in [5.41, 5.74) is 0. The van der Waals surface area contributed by atoms with E-state index in [9.17, 15) is 10.2 Å². The third-order valence-corrected chi connectivity index (χ3v) is 3.38. The highest BCUT2D eigenvalue weighted by Crippen LogP contribution is 2.25. The van der Waals surface area contributed by atoms with Gasteiger partial charge in [-0.25, -0.2) is 0 Å². The van der Waals surface area contributed by atoms with E-state index in [1.807, 2.05) is 0 Å². The Balaban J connectivity index is 1.87. The predicted molar refractivity (Wildman–Crippen MR) is 50.5 cm³/mol. The van der Waals surface area contributed by atoms with Crippen molar-refractivity contribution < 1.29 is 10.2 Å². The maximum Gasteiger partial charge on any atom is 0.0938 e. The van der Waals surface area contributed by atoms with Crippen LogP contribution in [0.3, 0.4) is 0 Å². The number of hydrogen-bond donors (Lipinski definition) is 2. The number of aliphatic hydroxyl groups excluding tert-OH is 2. The minimum atomic E-state index is -0.512. The zero-order chi connectivity index (χ0) is 9.26. The minimum absolute atomic E-state index is 0.512. The smallest absolute Gasteiger partial charge is 0.0938 e. The third-order valence-electron chi connectivity index (χ3n) is 3.38. The van der Waals surface area contributed by atoms with Crippen LogP contribution in [-0.2, 0) is 0 Å². The number of likely N-dealkylation sites (tertiary alicyclic amines) is 1. The minimum Gasteiger partial charge on any atom is -0.389 e. The first kappa shape index (κ1) is 9.44. The SMILES string of the molecule is OC1CN(C2CCCCC2)CC1O. The van der Waals surface area contributed by atoms with Crippen molar-refractivity contribution in [3.8, 4) is 0 Å². The zero-order valence-corrected chi connectivity index (χ0v) is 8.02. The Hall–Kier alpha value is -0.120. The van der Waals surface area contributed by atoms with E-state index in [-0.39, 0.29) is 0 Å². The Kier molecular flexibility index (Phi) is 2.86. The lowest BCUT2D eigenvalue weighted by atomic mass is 9.94. The first-order chi connectivity index (χ1) is 6.27. The summed E-state index contributed by atoms with van der Waals surface area (Å²) in [4.78, 5) is 2.26. The highest BCUT2D eigenvalue weighted by atomic mass is 16.3. The van der Waals surface area contributed by atoms with Crippen molar-refractivity contribution in [3.63, 3.8) is 0 Å². The van der Waals surface area contributed by atoms with Crippen molar-refractivity contribution in [2.45, 2.75) is 50.4 Å². The number of β-amino-alcohol motifs (C(OH)–C–C–N with tert-alkyl or cyclic N) is 2. The summed E-state index contributed by atoms with van der Waals surface area (Å²) in [7, 11) is 0. The molecule has 1 saturated heterocycles. The molecule has 2 rings (SSSR count). The van der Waals surface area contributed by atoms with Crippen molar-refractivity contribution in [1.82, 2.24) is 4.90 Å². The van der Waals surface area contributed by atoms with Crippen LogP contribution in [0.25, 0.3) is 0 Å². The van der Waals surface area contributed by atoms with Gasteiger partial charge in [-0.3, -0.25) is 4.90 Å². The molecule has 0 aromatic rings. The fraction of sp³-hybridized carbons (Fsp3) is 1.00. The lowest BCUT2D eigenvalue weighted by molar-refractivity contribution is 0.0572. The topological polar surface area (TPSA) is 43.7 Å². The van der Waals surface area contributed by atoms with Gasteiger partial charge in [-0.15, -0.1) is 0 Å². The average molecular weight is 185 g/mol. The Bertz CT molecular complexity index is 158. The third kappa shape index (κ3) is 2.03. The molecule has 0 aromatic carbocycles. The van der Waals surface area contributed by atoms with E-state index in [1.54, 1.807) is 0 Å². The van der Waals surface area contributed by atoms with Gasteiger partial charge in [-0.05, 0) is 12.8 Å². The molecule has 2 aliphatic rings. The van der Waals surface area contributed by atoms with Gasteiger partial charge in [0, 0.05) is 19.1 Å². The Morgan fingerprint density at radius 2 is 1.38 bits per heavy atom. The number of nitrogens with zero attached hydrogens (tertiary/aromatic N) is 1. The molecule has 13 heavy (non-hydrogen) atoms. The van der Waals surface area contributed by atoms with Crippen molar-refractivity contribution in [3.05, 3.63) is 0 Å². The molecule has 76 valence electrons. The highest BCUT2D eigenvalue weighted by molar-refractivity contribution is 4.88. The molecule has 0 spiro atoms. The van der Waals surface area contributed by atoms with Gasteiger partial charge in [0.1, 0.15) is 0 Å².